The maximum atomic E-state index is 12.2. The molecule has 0 N–H and O–H groups in total. The zero-order valence-electron chi connectivity index (χ0n) is 13.9. The van der Waals surface area contributed by atoms with Gasteiger partial charge in [-0.3, -0.25) is 0 Å². The molecule has 0 atom stereocenters. The molecule has 2 aromatic rings. The maximum Gasteiger partial charge on any atom is 0.410 e. The van der Waals surface area contributed by atoms with Gasteiger partial charge in [0.15, 0.2) is 5.58 Å². The number of benzene rings is 1. The van der Waals surface area contributed by atoms with Gasteiger partial charge in [0.2, 0.25) is 0 Å². The zero-order chi connectivity index (χ0) is 16.4. The summed E-state index contributed by atoms with van der Waals surface area (Å²) in [7, 11) is 0. The highest BCUT2D eigenvalue weighted by Crippen LogP contribution is 2.23. The van der Waals surface area contributed by atoms with Crippen molar-refractivity contribution in [2.24, 2.45) is 0 Å². The summed E-state index contributed by atoms with van der Waals surface area (Å²) in [6.45, 7) is 8.44. The fourth-order valence-corrected chi connectivity index (χ4v) is 2.61. The predicted molar refractivity (Wildman–Crippen MR) is 88.6 cm³/mol. The third kappa shape index (κ3) is 3.75. The van der Waals surface area contributed by atoms with Gasteiger partial charge < -0.3 is 19.0 Å². The molecular formula is C17H23N3O3. The minimum absolute atomic E-state index is 0.253. The van der Waals surface area contributed by atoms with Crippen molar-refractivity contribution in [1.82, 2.24) is 9.88 Å². The Morgan fingerprint density at radius 2 is 1.96 bits per heavy atom. The molecule has 124 valence electrons. The van der Waals surface area contributed by atoms with Gasteiger partial charge in [0.1, 0.15) is 11.1 Å². The predicted octanol–water partition coefficient (Wildman–Crippen LogP) is 3.28. The molecule has 1 aromatic carbocycles. The van der Waals surface area contributed by atoms with E-state index < -0.39 is 5.60 Å². The molecule has 1 aliphatic rings. The van der Waals surface area contributed by atoms with Crippen LogP contribution in [-0.4, -0.2) is 47.8 Å². The number of para-hydroxylation sites is 2. The monoisotopic (exact) mass is 317 g/mol. The zero-order valence-corrected chi connectivity index (χ0v) is 13.9. The Kier molecular flexibility index (Phi) is 4.15. The summed E-state index contributed by atoms with van der Waals surface area (Å²) in [5, 5.41) is 0. The lowest BCUT2D eigenvalue weighted by atomic mass is 10.2. The number of fused-ring (bicyclic) bond motifs is 1. The molecule has 1 fully saturated rings. The summed E-state index contributed by atoms with van der Waals surface area (Å²) in [4.78, 5) is 20.6. The van der Waals surface area contributed by atoms with E-state index in [-0.39, 0.29) is 6.09 Å². The first kappa shape index (κ1) is 15.6. The molecule has 0 radical (unpaired) electrons. The van der Waals surface area contributed by atoms with Crippen molar-refractivity contribution < 1.29 is 13.9 Å². The lowest BCUT2D eigenvalue weighted by Crippen LogP contribution is -2.39. The molecule has 1 amide bonds. The molecule has 0 spiro atoms. The van der Waals surface area contributed by atoms with Crippen molar-refractivity contribution in [2.45, 2.75) is 32.8 Å². The number of carbonyl (C=O) groups excluding carboxylic acids is 1. The van der Waals surface area contributed by atoms with E-state index in [1.165, 1.54) is 0 Å². The average Bonchev–Trinajstić information content (AvgIpc) is 2.74. The standard InChI is InChI=1S/C17H23N3O3/c1-17(2,3)23-16(21)20-10-6-9-19(11-12-20)15-18-13-7-4-5-8-14(13)22-15/h4-5,7-8H,6,9-12H2,1-3H3. The SMILES string of the molecule is CC(C)(C)OC(=O)N1CCCN(c2nc3ccccc3o2)CC1. The molecule has 0 bridgehead atoms. The van der Waals surface area contributed by atoms with E-state index in [1.807, 2.05) is 45.0 Å². The molecule has 0 aliphatic carbocycles. The van der Waals surface area contributed by atoms with E-state index in [9.17, 15) is 4.79 Å². The fraction of sp³-hybridized carbons (Fsp3) is 0.529. The number of ether oxygens (including phenoxy) is 1. The number of hydrogen-bond donors (Lipinski definition) is 0. The molecule has 0 unspecified atom stereocenters. The summed E-state index contributed by atoms with van der Waals surface area (Å²) in [6, 6.07) is 8.35. The van der Waals surface area contributed by atoms with E-state index in [0.717, 1.165) is 24.1 Å². The largest absolute Gasteiger partial charge is 0.444 e. The summed E-state index contributed by atoms with van der Waals surface area (Å²) >= 11 is 0. The second kappa shape index (κ2) is 6.10. The quantitative estimate of drug-likeness (QED) is 0.808. The molecule has 6 nitrogen and oxygen atoms in total. The summed E-state index contributed by atoms with van der Waals surface area (Å²) in [5.74, 6) is 0. The molecule has 1 aliphatic heterocycles. The van der Waals surface area contributed by atoms with Gasteiger partial charge >= 0.3 is 6.09 Å². The van der Waals surface area contributed by atoms with Crippen molar-refractivity contribution >= 4 is 23.2 Å². The van der Waals surface area contributed by atoms with Crippen molar-refractivity contribution in [3.63, 3.8) is 0 Å². The number of anilines is 1. The Balaban J connectivity index is 1.67. The Hall–Kier alpha value is -2.24. The van der Waals surface area contributed by atoms with Crippen molar-refractivity contribution in [1.29, 1.82) is 0 Å². The van der Waals surface area contributed by atoms with Crippen molar-refractivity contribution in [2.75, 3.05) is 31.1 Å². The molecule has 0 saturated carbocycles. The van der Waals surface area contributed by atoms with Gasteiger partial charge in [0.05, 0.1) is 0 Å². The third-order valence-electron chi connectivity index (χ3n) is 3.70. The highest BCUT2D eigenvalue weighted by atomic mass is 16.6. The van der Waals surface area contributed by atoms with Crippen LogP contribution in [0.15, 0.2) is 28.7 Å². The van der Waals surface area contributed by atoms with Crippen molar-refractivity contribution in [3.05, 3.63) is 24.3 Å². The number of rotatable bonds is 1. The molecule has 1 aromatic heterocycles. The van der Waals surface area contributed by atoms with E-state index in [4.69, 9.17) is 9.15 Å². The van der Waals surface area contributed by atoms with Gasteiger partial charge in [0.25, 0.3) is 6.01 Å². The van der Waals surface area contributed by atoms with E-state index >= 15 is 0 Å². The molecule has 6 heteroatoms. The number of hydrogen-bond acceptors (Lipinski definition) is 5. The van der Waals surface area contributed by atoms with Crippen LogP contribution in [0.1, 0.15) is 27.2 Å². The highest BCUT2D eigenvalue weighted by Gasteiger charge is 2.25. The van der Waals surface area contributed by atoms with Crippen LogP contribution in [0.3, 0.4) is 0 Å². The number of aromatic nitrogens is 1. The second-order valence-corrected chi connectivity index (χ2v) is 6.77. The van der Waals surface area contributed by atoms with Crippen LogP contribution >= 0.6 is 0 Å². The Bertz CT molecular complexity index is 657. The van der Waals surface area contributed by atoms with Crippen molar-refractivity contribution in [3.8, 4) is 0 Å². The normalized spacial score (nSPS) is 16.5. The lowest BCUT2D eigenvalue weighted by Gasteiger charge is -2.26. The average molecular weight is 317 g/mol. The van der Waals surface area contributed by atoms with Gasteiger partial charge in [0, 0.05) is 26.2 Å². The van der Waals surface area contributed by atoms with E-state index in [0.29, 0.717) is 25.6 Å². The van der Waals surface area contributed by atoms with Crippen LogP contribution in [-0.2, 0) is 4.74 Å². The van der Waals surface area contributed by atoms with Gasteiger partial charge in [-0.25, -0.2) is 4.79 Å². The minimum atomic E-state index is -0.469. The van der Waals surface area contributed by atoms with Crippen LogP contribution in [0, 0.1) is 0 Å². The van der Waals surface area contributed by atoms with Crippen LogP contribution in [0.5, 0.6) is 0 Å². The number of carbonyl (C=O) groups is 1. The maximum absolute atomic E-state index is 12.2. The van der Waals surface area contributed by atoms with Gasteiger partial charge in [-0.15, -0.1) is 0 Å². The highest BCUT2D eigenvalue weighted by molar-refractivity contribution is 5.74. The Morgan fingerprint density at radius 3 is 2.70 bits per heavy atom. The molecule has 2 heterocycles. The number of nitrogens with zero attached hydrogens (tertiary/aromatic N) is 3. The van der Waals surface area contributed by atoms with Gasteiger partial charge in [-0.2, -0.15) is 4.98 Å². The number of amides is 1. The first-order valence-corrected chi connectivity index (χ1v) is 8.01. The fourth-order valence-electron chi connectivity index (χ4n) is 2.61. The van der Waals surface area contributed by atoms with Gasteiger partial charge in [-0.05, 0) is 39.3 Å². The third-order valence-corrected chi connectivity index (χ3v) is 3.70. The Labute approximate surface area is 136 Å². The summed E-state index contributed by atoms with van der Waals surface area (Å²) in [6.07, 6.45) is 0.606. The van der Waals surface area contributed by atoms with E-state index in [2.05, 4.69) is 9.88 Å². The summed E-state index contributed by atoms with van der Waals surface area (Å²) in [5.41, 5.74) is 1.18. The number of oxazole rings is 1. The first-order valence-electron chi connectivity index (χ1n) is 8.01. The van der Waals surface area contributed by atoms with Crippen LogP contribution in [0.2, 0.25) is 0 Å². The molecule has 3 rings (SSSR count). The second-order valence-electron chi connectivity index (χ2n) is 6.77. The minimum Gasteiger partial charge on any atom is -0.444 e. The van der Waals surface area contributed by atoms with E-state index in [1.54, 1.807) is 4.90 Å². The summed E-state index contributed by atoms with van der Waals surface area (Å²) < 4.78 is 11.3. The molecular weight excluding hydrogens is 294 g/mol. The smallest absolute Gasteiger partial charge is 0.410 e. The molecule has 23 heavy (non-hydrogen) atoms. The van der Waals surface area contributed by atoms with Crippen LogP contribution < -0.4 is 4.90 Å². The Morgan fingerprint density at radius 1 is 1.17 bits per heavy atom. The van der Waals surface area contributed by atoms with Gasteiger partial charge in [-0.1, -0.05) is 12.1 Å². The topological polar surface area (TPSA) is 58.8 Å². The van der Waals surface area contributed by atoms with Crippen LogP contribution in [0.4, 0.5) is 10.8 Å². The molecule has 1 saturated heterocycles. The lowest BCUT2D eigenvalue weighted by molar-refractivity contribution is 0.0263. The van der Waals surface area contributed by atoms with Crippen LogP contribution in [0.25, 0.3) is 11.1 Å². The first-order chi connectivity index (χ1) is 10.9.